The van der Waals surface area contributed by atoms with Crippen LogP contribution in [-0.4, -0.2) is 23.4 Å². The molecule has 76 valence electrons. The summed E-state index contributed by atoms with van der Waals surface area (Å²) in [5.41, 5.74) is 1.36. The molecule has 1 N–H and O–H groups in total. The van der Waals surface area contributed by atoms with Gasteiger partial charge in [-0.2, -0.15) is 0 Å². The summed E-state index contributed by atoms with van der Waals surface area (Å²) in [6.07, 6.45) is 4.88. The van der Waals surface area contributed by atoms with Crippen LogP contribution in [0.5, 0.6) is 0 Å². The molecule has 1 rings (SSSR count). The molecular formula is C11H20O2. The van der Waals surface area contributed by atoms with Gasteiger partial charge in [-0.15, -0.1) is 0 Å². The molecule has 0 bridgehead atoms. The Balaban J connectivity index is 2.44. The Hall–Kier alpha value is -0.340. The van der Waals surface area contributed by atoms with Crippen molar-refractivity contribution >= 4 is 0 Å². The molecule has 0 spiro atoms. The fourth-order valence-electron chi connectivity index (χ4n) is 1.79. The molecule has 2 heteroatoms. The summed E-state index contributed by atoms with van der Waals surface area (Å²) in [5, 5.41) is 9.75. The lowest BCUT2D eigenvalue weighted by molar-refractivity contribution is -0.0751. The van der Waals surface area contributed by atoms with Gasteiger partial charge in [0.1, 0.15) is 0 Å². The Morgan fingerprint density at radius 3 is 2.69 bits per heavy atom. The Bertz CT molecular complexity index is 185. The van der Waals surface area contributed by atoms with Crippen molar-refractivity contribution in [2.45, 2.75) is 58.3 Å². The number of ether oxygens (including phenoxy) is 1. The molecule has 2 atom stereocenters. The SMILES string of the molecule is C/C=C1/CCC(OC(C)C)C(O)C1. The van der Waals surface area contributed by atoms with Crippen LogP contribution in [0.3, 0.4) is 0 Å². The summed E-state index contributed by atoms with van der Waals surface area (Å²) < 4.78 is 5.62. The highest BCUT2D eigenvalue weighted by atomic mass is 16.5. The van der Waals surface area contributed by atoms with Gasteiger partial charge in [-0.3, -0.25) is 0 Å². The normalized spacial score (nSPS) is 32.8. The number of aliphatic hydroxyl groups is 1. The fraction of sp³-hybridized carbons (Fsp3) is 0.818. The zero-order valence-electron chi connectivity index (χ0n) is 8.79. The molecule has 1 fully saturated rings. The zero-order valence-corrected chi connectivity index (χ0v) is 8.79. The number of hydrogen-bond acceptors (Lipinski definition) is 2. The van der Waals surface area contributed by atoms with Gasteiger partial charge in [0, 0.05) is 0 Å². The fourth-order valence-corrected chi connectivity index (χ4v) is 1.79. The maximum Gasteiger partial charge on any atom is 0.0843 e. The highest BCUT2D eigenvalue weighted by Crippen LogP contribution is 2.26. The van der Waals surface area contributed by atoms with Crippen LogP contribution in [0, 0.1) is 0 Å². The predicted molar refractivity (Wildman–Crippen MR) is 53.6 cm³/mol. The first kappa shape index (κ1) is 10.7. The highest BCUT2D eigenvalue weighted by molar-refractivity contribution is 5.07. The third kappa shape index (κ3) is 3.12. The molecular weight excluding hydrogens is 164 g/mol. The molecule has 0 aromatic rings. The van der Waals surface area contributed by atoms with E-state index in [0.717, 1.165) is 19.3 Å². The Kier molecular flexibility index (Phi) is 3.94. The summed E-state index contributed by atoms with van der Waals surface area (Å²) in [4.78, 5) is 0. The molecule has 13 heavy (non-hydrogen) atoms. The van der Waals surface area contributed by atoms with E-state index >= 15 is 0 Å². The highest BCUT2D eigenvalue weighted by Gasteiger charge is 2.26. The summed E-state index contributed by atoms with van der Waals surface area (Å²) >= 11 is 0. The largest absolute Gasteiger partial charge is 0.390 e. The van der Waals surface area contributed by atoms with E-state index in [1.54, 1.807) is 0 Å². The average molecular weight is 184 g/mol. The van der Waals surface area contributed by atoms with Gasteiger partial charge in [0.05, 0.1) is 18.3 Å². The van der Waals surface area contributed by atoms with E-state index in [-0.39, 0.29) is 18.3 Å². The minimum absolute atomic E-state index is 0.0451. The minimum atomic E-state index is -0.303. The van der Waals surface area contributed by atoms with Crippen LogP contribution in [0.1, 0.15) is 40.0 Å². The Morgan fingerprint density at radius 1 is 1.54 bits per heavy atom. The molecule has 0 radical (unpaired) electrons. The molecule has 0 amide bonds. The van der Waals surface area contributed by atoms with Gasteiger partial charge < -0.3 is 9.84 Å². The van der Waals surface area contributed by atoms with Crippen LogP contribution in [0.2, 0.25) is 0 Å². The van der Waals surface area contributed by atoms with Crippen molar-refractivity contribution in [1.29, 1.82) is 0 Å². The molecule has 1 aliphatic carbocycles. The average Bonchev–Trinajstić information content (AvgIpc) is 2.08. The first-order chi connectivity index (χ1) is 6.13. The first-order valence-electron chi connectivity index (χ1n) is 5.11. The van der Waals surface area contributed by atoms with Gasteiger partial charge in [0.2, 0.25) is 0 Å². The van der Waals surface area contributed by atoms with Crippen LogP contribution in [0.15, 0.2) is 11.6 Å². The number of rotatable bonds is 2. The molecule has 0 aliphatic heterocycles. The van der Waals surface area contributed by atoms with Gasteiger partial charge in [-0.25, -0.2) is 0 Å². The maximum atomic E-state index is 9.75. The molecule has 0 aromatic heterocycles. The molecule has 2 nitrogen and oxygen atoms in total. The van der Waals surface area contributed by atoms with Gasteiger partial charge in [0.25, 0.3) is 0 Å². The van der Waals surface area contributed by atoms with Crippen LogP contribution >= 0.6 is 0 Å². The van der Waals surface area contributed by atoms with Gasteiger partial charge >= 0.3 is 0 Å². The quantitative estimate of drug-likeness (QED) is 0.667. The van der Waals surface area contributed by atoms with Crippen molar-refractivity contribution in [1.82, 2.24) is 0 Å². The molecule has 1 aliphatic rings. The predicted octanol–water partition coefficient (Wildman–Crippen LogP) is 2.27. The third-order valence-electron chi connectivity index (χ3n) is 2.51. The van der Waals surface area contributed by atoms with Crippen molar-refractivity contribution in [3.8, 4) is 0 Å². The molecule has 0 aromatic carbocycles. The van der Waals surface area contributed by atoms with Crippen LogP contribution in [-0.2, 0) is 4.74 Å². The Labute approximate surface area is 80.6 Å². The Morgan fingerprint density at radius 2 is 2.23 bits per heavy atom. The van der Waals surface area contributed by atoms with Crippen molar-refractivity contribution in [3.05, 3.63) is 11.6 Å². The summed E-state index contributed by atoms with van der Waals surface area (Å²) in [6.45, 7) is 6.06. The number of allylic oxidation sites excluding steroid dienone is 1. The van der Waals surface area contributed by atoms with Crippen molar-refractivity contribution in [2.24, 2.45) is 0 Å². The van der Waals surface area contributed by atoms with Gasteiger partial charge in [0.15, 0.2) is 0 Å². The lowest BCUT2D eigenvalue weighted by Gasteiger charge is -2.30. The summed E-state index contributed by atoms with van der Waals surface area (Å²) in [7, 11) is 0. The van der Waals surface area contributed by atoms with E-state index in [1.807, 2.05) is 20.8 Å². The summed E-state index contributed by atoms with van der Waals surface area (Å²) in [5.74, 6) is 0. The second-order valence-corrected chi connectivity index (χ2v) is 3.98. The second kappa shape index (κ2) is 4.77. The van der Waals surface area contributed by atoms with E-state index in [0.29, 0.717) is 0 Å². The standard InChI is InChI=1S/C11H20O2/c1-4-9-5-6-11(10(12)7-9)13-8(2)3/h4,8,10-12H,5-7H2,1-3H3/b9-4-. The van der Waals surface area contributed by atoms with Crippen molar-refractivity contribution in [3.63, 3.8) is 0 Å². The first-order valence-corrected chi connectivity index (χ1v) is 5.11. The molecule has 0 heterocycles. The van der Waals surface area contributed by atoms with E-state index in [4.69, 9.17) is 4.74 Å². The summed E-state index contributed by atoms with van der Waals surface area (Å²) in [6, 6.07) is 0. The van der Waals surface area contributed by atoms with Crippen LogP contribution in [0.25, 0.3) is 0 Å². The van der Waals surface area contributed by atoms with Crippen molar-refractivity contribution in [2.75, 3.05) is 0 Å². The van der Waals surface area contributed by atoms with E-state index in [2.05, 4.69) is 6.08 Å². The van der Waals surface area contributed by atoms with E-state index in [9.17, 15) is 5.11 Å². The minimum Gasteiger partial charge on any atom is -0.390 e. The molecule has 1 saturated carbocycles. The van der Waals surface area contributed by atoms with Gasteiger partial charge in [-0.05, 0) is 40.0 Å². The van der Waals surface area contributed by atoms with Crippen molar-refractivity contribution < 1.29 is 9.84 Å². The smallest absolute Gasteiger partial charge is 0.0843 e. The second-order valence-electron chi connectivity index (χ2n) is 3.98. The maximum absolute atomic E-state index is 9.75. The molecule has 2 unspecified atom stereocenters. The number of hydrogen-bond donors (Lipinski definition) is 1. The number of aliphatic hydroxyl groups excluding tert-OH is 1. The topological polar surface area (TPSA) is 29.5 Å². The zero-order chi connectivity index (χ0) is 9.84. The lowest BCUT2D eigenvalue weighted by Crippen LogP contribution is -2.34. The molecule has 0 saturated heterocycles. The van der Waals surface area contributed by atoms with E-state index < -0.39 is 0 Å². The third-order valence-corrected chi connectivity index (χ3v) is 2.51. The van der Waals surface area contributed by atoms with Crippen LogP contribution in [0.4, 0.5) is 0 Å². The van der Waals surface area contributed by atoms with Crippen LogP contribution < -0.4 is 0 Å². The van der Waals surface area contributed by atoms with E-state index in [1.165, 1.54) is 5.57 Å². The van der Waals surface area contributed by atoms with Gasteiger partial charge in [-0.1, -0.05) is 11.6 Å². The monoisotopic (exact) mass is 184 g/mol. The lowest BCUT2D eigenvalue weighted by atomic mass is 9.90.